The van der Waals surface area contributed by atoms with Gasteiger partial charge in [0.05, 0.1) is 48.3 Å². The molecular weight excluding hydrogens is 436 g/mol. The van der Waals surface area contributed by atoms with Gasteiger partial charge in [-0.15, -0.1) is 0 Å². The lowest BCUT2D eigenvalue weighted by Gasteiger charge is -2.40. The maximum absolute atomic E-state index is 2.48. The molecule has 1 aromatic carbocycles. The third kappa shape index (κ3) is 14.8. The van der Waals surface area contributed by atoms with Crippen LogP contribution in [-0.2, 0) is 0 Å². The zero-order valence-corrected chi connectivity index (χ0v) is 26.1. The van der Waals surface area contributed by atoms with Gasteiger partial charge >= 0.3 is 0 Å². The molecular formula is C34H66N2+2. The smallest absolute Gasteiger partial charge is 0.114 e. The number of hydrogen-bond donors (Lipinski definition) is 0. The molecule has 2 nitrogen and oxygen atoms in total. The number of hydrogen-bond acceptors (Lipinski definition) is 0. The highest BCUT2D eigenvalue weighted by Crippen LogP contribution is 2.34. The molecule has 0 aliphatic heterocycles. The van der Waals surface area contributed by atoms with E-state index in [2.05, 4.69) is 74.2 Å². The lowest BCUT2D eigenvalue weighted by atomic mass is 9.91. The first-order chi connectivity index (χ1) is 17.1. The first-order valence-corrected chi connectivity index (χ1v) is 15.8. The Labute approximate surface area is 228 Å². The van der Waals surface area contributed by atoms with E-state index in [4.69, 9.17) is 0 Å². The molecule has 1 atom stereocenters. The summed E-state index contributed by atoms with van der Waals surface area (Å²) >= 11 is 0. The molecule has 0 radical (unpaired) electrons. The largest absolute Gasteiger partial charge is 0.331 e. The molecule has 1 aromatic rings. The molecule has 210 valence electrons. The molecule has 0 fully saturated rings. The highest BCUT2D eigenvalue weighted by atomic mass is 15.3. The third-order valence-corrected chi connectivity index (χ3v) is 8.49. The van der Waals surface area contributed by atoms with E-state index < -0.39 is 0 Å². The fraction of sp³-hybridized carbons (Fsp3) is 0.824. The Morgan fingerprint density at radius 1 is 0.583 bits per heavy atom. The molecule has 0 bridgehead atoms. The van der Waals surface area contributed by atoms with Crippen molar-refractivity contribution in [2.24, 2.45) is 0 Å². The fourth-order valence-corrected chi connectivity index (χ4v) is 5.83. The minimum absolute atomic E-state index is 0.611. The van der Waals surface area contributed by atoms with Gasteiger partial charge in [-0.05, 0) is 31.4 Å². The predicted molar refractivity (Wildman–Crippen MR) is 163 cm³/mol. The van der Waals surface area contributed by atoms with Crippen molar-refractivity contribution in [2.75, 3.05) is 48.3 Å². The highest BCUT2D eigenvalue weighted by Gasteiger charge is 2.31. The highest BCUT2D eigenvalue weighted by molar-refractivity contribution is 5.34. The fourth-order valence-electron chi connectivity index (χ4n) is 5.83. The average molecular weight is 503 g/mol. The van der Waals surface area contributed by atoms with Gasteiger partial charge in [0.15, 0.2) is 0 Å². The normalized spacial score (nSPS) is 13.3. The second-order valence-corrected chi connectivity index (χ2v) is 13.4. The van der Waals surface area contributed by atoms with E-state index in [0.717, 1.165) is 8.97 Å². The summed E-state index contributed by atoms with van der Waals surface area (Å²) in [6.07, 6.45) is 24.2. The topological polar surface area (TPSA) is 0 Å². The average Bonchev–Trinajstić information content (AvgIpc) is 2.80. The Morgan fingerprint density at radius 2 is 1.06 bits per heavy atom. The van der Waals surface area contributed by atoms with Crippen LogP contribution in [0.2, 0.25) is 0 Å². The van der Waals surface area contributed by atoms with Gasteiger partial charge in [-0.2, -0.15) is 0 Å². The van der Waals surface area contributed by atoms with Gasteiger partial charge in [0.1, 0.15) is 6.04 Å². The van der Waals surface area contributed by atoms with Crippen molar-refractivity contribution < 1.29 is 8.97 Å². The van der Waals surface area contributed by atoms with Gasteiger partial charge in [0, 0.05) is 18.4 Å². The molecule has 2 heteroatoms. The van der Waals surface area contributed by atoms with E-state index >= 15 is 0 Å². The molecule has 0 amide bonds. The summed E-state index contributed by atoms with van der Waals surface area (Å²) in [6, 6.07) is 7.58. The van der Waals surface area contributed by atoms with E-state index in [1.165, 1.54) is 133 Å². The van der Waals surface area contributed by atoms with E-state index in [-0.39, 0.29) is 0 Å². The number of rotatable bonds is 22. The van der Waals surface area contributed by atoms with Crippen LogP contribution in [0.4, 0.5) is 0 Å². The van der Waals surface area contributed by atoms with Crippen molar-refractivity contribution >= 4 is 0 Å². The second kappa shape index (κ2) is 18.4. The lowest BCUT2D eigenvalue weighted by Crippen LogP contribution is -2.46. The third-order valence-electron chi connectivity index (χ3n) is 8.49. The zero-order valence-electron chi connectivity index (χ0n) is 26.1. The van der Waals surface area contributed by atoms with E-state index in [0.29, 0.717) is 6.04 Å². The number of unbranched alkanes of at least 4 members (excludes halogenated alkanes) is 14. The molecule has 0 heterocycles. The van der Waals surface area contributed by atoms with Gasteiger partial charge in [0.2, 0.25) is 0 Å². The van der Waals surface area contributed by atoms with Crippen LogP contribution in [0.15, 0.2) is 18.2 Å². The summed E-state index contributed by atoms with van der Waals surface area (Å²) in [4.78, 5) is 0. The van der Waals surface area contributed by atoms with E-state index in [9.17, 15) is 0 Å². The van der Waals surface area contributed by atoms with Gasteiger partial charge in [-0.1, -0.05) is 115 Å². The van der Waals surface area contributed by atoms with Gasteiger partial charge in [-0.3, -0.25) is 0 Å². The van der Waals surface area contributed by atoms with Crippen molar-refractivity contribution in [1.82, 2.24) is 0 Å². The molecule has 1 unspecified atom stereocenters. The predicted octanol–water partition coefficient (Wildman–Crippen LogP) is 9.78. The number of quaternary nitrogens is 2. The monoisotopic (exact) mass is 503 g/mol. The van der Waals surface area contributed by atoms with Crippen LogP contribution in [0, 0.1) is 13.8 Å². The van der Waals surface area contributed by atoms with Gasteiger partial charge in [-0.25, -0.2) is 0 Å². The summed E-state index contributed by atoms with van der Waals surface area (Å²) < 4.78 is 2.18. The Morgan fingerprint density at radius 3 is 1.53 bits per heavy atom. The van der Waals surface area contributed by atoms with Gasteiger partial charge in [0.25, 0.3) is 0 Å². The Balaban J connectivity index is 2.36. The van der Waals surface area contributed by atoms with Crippen molar-refractivity contribution in [2.45, 2.75) is 136 Å². The van der Waals surface area contributed by atoms with Crippen LogP contribution in [0.3, 0.4) is 0 Å². The summed E-state index contributed by atoms with van der Waals surface area (Å²) in [5.74, 6) is 0. The molecule has 0 spiro atoms. The first-order valence-electron chi connectivity index (χ1n) is 15.8. The SMILES string of the molecule is CCCCCCCCCCCCCCCCCC(c1cccc(C)c1C)[N+](C)(C)CCC[N+](C)(C)C. The van der Waals surface area contributed by atoms with E-state index in [1.54, 1.807) is 5.56 Å². The molecule has 0 saturated carbocycles. The molecule has 0 aliphatic carbocycles. The quantitative estimate of drug-likeness (QED) is 0.109. The summed E-state index contributed by atoms with van der Waals surface area (Å²) in [5.41, 5.74) is 4.55. The molecule has 36 heavy (non-hydrogen) atoms. The molecule has 1 rings (SSSR count). The van der Waals surface area contributed by atoms with Crippen molar-refractivity contribution in [1.29, 1.82) is 0 Å². The molecule has 0 aliphatic rings. The van der Waals surface area contributed by atoms with Gasteiger partial charge < -0.3 is 8.97 Å². The lowest BCUT2D eigenvalue weighted by molar-refractivity contribution is -0.927. The van der Waals surface area contributed by atoms with Crippen LogP contribution in [0.5, 0.6) is 0 Å². The number of aryl methyl sites for hydroxylation is 1. The number of benzene rings is 1. The van der Waals surface area contributed by atoms with Crippen molar-refractivity contribution in [3.63, 3.8) is 0 Å². The zero-order chi connectivity index (χ0) is 26.9. The maximum atomic E-state index is 2.48. The standard InChI is InChI=1S/C34H66N2/c1-9-10-11-12-13-14-15-16-17-18-19-20-21-22-23-28-34(33-27-24-26-31(2)32(33)3)36(7,8)30-25-29-35(4,5)6/h24,26-27,34H,9-23,25,28-30H2,1-8H3/q+2. The van der Waals surface area contributed by atoms with Crippen LogP contribution in [-0.4, -0.2) is 57.3 Å². The molecule has 0 N–H and O–H groups in total. The maximum Gasteiger partial charge on any atom is 0.114 e. The van der Waals surface area contributed by atoms with E-state index in [1.807, 2.05) is 0 Å². The van der Waals surface area contributed by atoms with Crippen LogP contribution < -0.4 is 0 Å². The minimum Gasteiger partial charge on any atom is -0.331 e. The number of nitrogens with zero attached hydrogens (tertiary/aromatic N) is 2. The molecule has 0 aromatic heterocycles. The molecule has 0 saturated heterocycles. The first kappa shape index (κ1) is 33.2. The summed E-state index contributed by atoms with van der Waals surface area (Å²) in [5, 5.41) is 0. The Bertz CT molecular complexity index is 670. The Hall–Kier alpha value is -0.860. The van der Waals surface area contributed by atoms with Crippen molar-refractivity contribution in [3.05, 3.63) is 34.9 Å². The summed E-state index contributed by atoms with van der Waals surface area (Å²) in [6.45, 7) is 9.43. The van der Waals surface area contributed by atoms with Crippen molar-refractivity contribution in [3.8, 4) is 0 Å². The minimum atomic E-state index is 0.611. The second-order valence-electron chi connectivity index (χ2n) is 13.4. The van der Waals surface area contributed by atoms with Crippen LogP contribution in [0.25, 0.3) is 0 Å². The van der Waals surface area contributed by atoms with Crippen LogP contribution >= 0.6 is 0 Å². The Kier molecular flexibility index (Phi) is 17.0. The van der Waals surface area contributed by atoms with Crippen LogP contribution in [0.1, 0.15) is 139 Å². The summed E-state index contributed by atoms with van der Waals surface area (Å²) in [7, 11) is 11.9.